The Morgan fingerprint density at radius 3 is 2.36 bits per heavy atom. The van der Waals surface area contributed by atoms with Crippen LogP contribution in [-0.4, -0.2) is 17.6 Å². The molecule has 0 radical (unpaired) electrons. The first-order valence-electron chi connectivity index (χ1n) is 7.69. The summed E-state index contributed by atoms with van der Waals surface area (Å²) < 4.78 is 0. The Balaban J connectivity index is 0.000000133. The number of aromatic nitrogens is 1. The van der Waals surface area contributed by atoms with Crippen LogP contribution < -0.4 is 4.90 Å². The summed E-state index contributed by atoms with van der Waals surface area (Å²) in [6.45, 7) is 4.57. The SMILES string of the molecule is CN1c2ccccc2CC1(C)C.c1ccc2ncccc2c1. The van der Waals surface area contributed by atoms with E-state index in [-0.39, 0.29) is 0 Å². The van der Waals surface area contributed by atoms with E-state index in [0.29, 0.717) is 5.54 Å². The predicted molar refractivity (Wildman–Crippen MR) is 94.4 cm³/mol. The molecule has 0 aliphatic carbocycles. The van der Waals surface area contributed by atoms with Crippen molar-refractivity contribution in [2.75, 3.05) is 11.9 Å². The lowest BCUT2D eigenvalue weighted by molar-refractivity contribution is 0.516. The second-order valence-corrected chi connectivity index (χ2v) is 6.37. The van der Waals surface area contributed by atoms with E-state index in [0.717, 1.165) is 5.52 Å². The van der Waals surface area contributed by atoms with Gasteiger partial charge in [0.05, 0.1) is 5.52 Å². The van der Waals surface area contributed by atoms with Crippen LogP contribution in [0.25, 0.3) is 10.9 Å². The fraction of sp³-hybridized carbons (Fsp3) is 0.250. The molecule has 112 valence electrons. The molecule has 0 atom stereocenters. The van der Waals surface area contributed by atoms with Gasteiger partial charge in [0.2, 0.25) is 0 Å². The van der Waals surface area contributed by atoms with Gasteiger partial charge in [-0.2, -0.15) is 0 Å². The molecule has 1 aliphatic rings. The molecule has 22 heavy (non-hydrogen) atoms. The molecule has 0 N–H and O–H groups in total. The van der Waals surface area contributed by atoms with Crippen LogP contribution >= 0.6 is 0 Å². The lowest BCUT2D eigenvalue weighted by atomic mass is 10.00. The van der Waals surface area contributed by atoms with Gasteiger partial charge in [-0.15, -0.1) is 0 Å². The minimum atomic E-state index is 0.295. The fourth-order valence-corrected chi connectivity index (χ4v) is 2.91. The van der Waals surface area contributed by atoms with Crippen molar-refractivity contribution in [3.63, 3.8) is 0 Å². The summed E-state index contributed by atoms with van der Waals surface area (Å²) in [6.07, 6.45) is 2.97. The second-order valence-electron chi connectivity index (χ2n) is 6.37. The van der Waals surface area contributed by atoms with Crippen LogP contribution in [0, 0.1) is 0 Å². The average Bonchev–Trinajstić information content (AvgIpc) is 2.78. The highest BCUT2D eigenvalue weighted by Crippen LogP contribution is 2.36. The molecule has 0 saturated heterocycles. The number of pyridine rings is 1. The number of hydrogen-bond acceptors (Lipinski definition) is 2. The molecule has 2 aromatic carbocycles. The van der Waals surface area contributed by atoms with Crippen molar-refractivity contribution in [3.8, 4) is 0 Å². The van der Waals surface area contributed by atoms with Gasteiger partial charge in [0.1, 0.15) is 0 Å². The van der Waals surface area contributed by atoms with Gasteiger partial charge in [-0.05, 0) is 44.0 Å². The van der Waals surface area contributed by atoms with Crippen LogP contribution in [0.3, 0.4) is 0 Å². The van der Waals surface area contributed by atoms with E-state index in [1.165, 1.54) is 23.1 Å². The summed E-state index contributed by atoms with van der Waals surface area (Å²) in [6, 6.07) is 20.7. The average molecular weight is 290 g/mol. The van der Waals surface area contributed by atoms with E-state index >= 15 is 0 Å². The number of likely N-dealkylation sites (N-methyl/N-ethyl adjacent to an activating group) is 1. The molecule has 1 aliphatic heterocycles. The van der Waals surface area contributed by atoms with E-state index in [4.69, 9.17) is 0 Å². The summed E-state index contributed by atoms with van der Waals surface area (Å²) >= 11 is 0. The molecule has 4 rings (SSSR count). The lowest BCUT2D eigenvalue weighted by Crippen LogP contribution is -2.37. The molecule has 0 unspecified atom stereocenters. The third kappa shape index (κ3) is 2.82. The smallest absolute Gasteiger partial charge is 0.0701 e. The van der Waals surface area contributed by atoms with Crippen molar-refractivity contribution in [1.29, 1.82) is 0 Å². The number of para-hydroxylation sites is 2. The van der Waals surface area contributed by atoms with Gasteiger partial charge in [0.15, 0.2) is 0 Å². The minimum absolute atomic E-state index is 0.295. The Labute approximate surface area is 132 Å². The number of hydrogen-bond donors (Lipinski definition) is 0. The third-order valence-corrected chi connectivity index (χ3v) is 4.40. The molecule has 2 nitrogen and oxygen atoms in total. The zero-order valence-electron chi connectivity index (χ0n) is 13.5. The molecular formula is C20H22N2. The summed E-state index contributed by atoms with van der Waals surface area (Å²) in [5, 5.41) is 1.20. The Morgan fingerprint density at radius 1 is 0.909 bits per heavy atom. The van der Waals surface area contributed by atoms with E-state index in [9.17, 15) is 0 Å². The van der Waals surface area contributed by atoms with Crippen molar-refractivity contribution >= 4 is 16.6 Å². The number of nitrogens with zero attached hydrogens (tertiary/aromatic N) is 2. The topological polar surface area (TPSA) is 16.1 Å². The monoisotopic (exact) mass is 290 g/mol. The van der Waals surface area contributed by atoms with Crippen LogP contribution in [0.5, 0.6) is 0 Å². The van der Waals surface area contributed by atoms with Gasteiger partial charge in [0, 0.05) is 29.9 Å². The van der Waals surface area contributed by atoms with Crippen LogP contribution in [0.4, 0.5) is 5.69 Å². The molecule has 0 fully saturated rings. The van der Waals surface area contributed by atoms with Crippen molar-refractivity contribution in [1.82, 2.24) is 4.98 Å². The molecule has 1 aromatic heterocycles. The van der Waals surface area contributed by atoms with E-state index < -0.39 is 0 Å². The van der Waals surface area contributed by atoms with Crippen LogP contribution in [0.15, 0.2) is 66.9 Å². The third-order valence-electron chi connectivity index (χ3n) is 4.40. The number of anilines is 1. The molecule has 3 aromatic rings. The first kappa shape index (κ1) is 14.6. The molecule has 0 saturated carbocycles. The fourth-order valence-electron chi connectivity index (χ4n) is 2.91. The largest absolute Gasteiger partial charge is 0.369 e. The second kappa shape index (κ2) is 5.80. The van der Waals surface area contributed by atoms with E-state index in [1.807, 2.05) is 30.5 Å². The Morgan fingerprint density at radius 2 is 1.59 bits per heavy atom. The van der Waals surface area contributed by atoms with E-state index in [1.54, 1.807) is 0 Å². The molecule has 0 bridgehead atoms. The van der Waals surface area contributed by atoms with Crippen molar-refractivity contribution < 1.29 is 0 Å². The minimum Gasteiger partial charge on any atom is -0.369 e. The summed E-state index contributed by atoms with van der Waals surface area (Å²) in [7, 11) is 2.17. The zero-order chi connectivity index (χ0) is 15.6. The Kier molecular flexibility index (Phi) is 3.84. The molecule has 0 spiro atoms. The van der Waals surface area contributed by atoms with Gasteiger partial charge in [-0.3, -0.25) is 4.98 Å². The first-order valence-corrected chi connectivity index (χ1v) is 7.69. The van der Waals surface area contributed by atoms with Gasteiger partial charge in [0.25, 0.3) is 0 Å². The van der Waals surface area contributed by atoms with Crippen molar-refractivity contribution in [2.24, 2.45) is 0 Å². The Hall–Kier alpha value is -2.35. The maximum absolute atomic E-state index is 4.18. The highest BCUT2D eigenvalue weighted by Gasteiger charge is 2.32. The van der Waals surface area contributed by atoms with Gasteiger partial charge < -0.3 is 4.90 Å². The van der Waals surface area contributed by atoms with Crippen LogP contribution in [-0.2, 0) is 6.42 Å². The maximum Gasteiger partial charge on any atom is 0.0701 e. The highest BCUT2D eigenvalue weighted by atomic mass is 15.2. The van der Waals surface area contributed by atoms with Crippen LogP contribution in [0.1, 0.15) is 19.4 Å². The van der Waals surface area contributed by atoms with Gasteiger partial charge in [-0.25, -0.2) is 0 Å². The molecule has 2 heterocycles. The maximum atomic E-state index is 4.18. The Bertz CT molecular complexity index is 712. The summed E-state index contributed by atoms with van der Waals surface area (Å²) in [5.41, 5.74) is 4.22. The standard InChI is InChI=1S/C11H15N.C9H7N/c1-11(2)8-9-6-4-5-7-10(9)12(11)3;1-2-6-9-8(4-1)5-3-7-10-9/h4-7H,8H2,1-3H3;1-7H. The van der Waals surface area contributed by atoms with E-state index in [2.05, 4.69) is 67.2 Å². The van der Waals surface area contributed by atoms with Gasteiger partial charge >= 0.3 is 0 Å². The number of fused-ring (bicyclic) bond motifs is 2. The number of benzene rings is 2. The number of rotatable bonds is 0. The quantitative estimate of drug-likeness (QED) is 0.597. The summed E-state index contributed by atoms with van der Waals surface area (Å²) in [5.74, 6) is 0. The molecule has 2 heteroatoms. The lowest BCUT2D eigenvalue weighted by Gasteiger charge is -2.29. The van der Waals surface area contributed by atoms with Crippen LogP contribution in [0.2, 0.25) is 0 Å². The highest BCUT2D eigenvalue weighted by molar-refractivity contribution is 5.77. The van der Waals surface area contributed by atoms with Crippen molar-refractivity contribution in [3.05, 3.63) is 72.4 Å². The van der Waals surface area contributed by atoms with Gasteiger partial charge in [-0.1, -0.05) is 42.5 Å². The molecular weight excluding hydrogens is 268 g/mol. The molecule has 0 amide bonds. The normalized spacial score (nSPS) is 15.1. The zero-order valence-corrected chi connectivity index (χ0v) is 13.5. The summed E-state index contributed by atoms with van der Waals surface area (Å²) in [4.78, 5) is 6.54. The first-order chi connectivity index (χ1) is 10.6. The predicted octanol–water partition coefficient (Wildman–Crippen LogP) is 4.69. The van der Waals surface area contributed by atoms with Crippen molar-refractivity contribution in [2.45, 2.75) is 25.8 Å².